The highest BCUT2D eigenvalue weighted by Gasteiger charge is 2.25. The van der Waals surface area contributed by atoms with Crippen LogP contribution in [0.5, 0.6) is 11.5 Å². The molecule has 0 N–H and O–H groups in total. The van der Waals surface area contributed by atoms with Gasteiger partial charge in [-0.05, 0) is 42.0 Å². The summed E-state index contributed by atoms with van der Waals surface area (Å²) >= 11 is 12.1. The third kappa shape index (κ3) is 4.22. The average molecular weight is 451 g/mol. The number of rotatable bonds is 3. The Morgan fingerprint density at radius 2 is 1.70 bits per heavy atom. The molecule has 2 aliphatic rings. The summed E-state index contributed by atoms with van der Waals surface area (Å²) in [5.41, 5.74) is 0.967. The topological polar surface area (TPSA) is 59.1 Å². The molecule has 4 rings (SSSR count). The molecule has 2 heterocycles. The van der Waals surface area contributed by atoms with Crippen molar-refractivity contribution in [3.8, 4) is 11.5 Å². The fraction of sp³-hybridized carbons (Fsp3) is 0.238. The minimum absolute atomic E-state index is 0.0730. The van der Waals surface area contributed by atoms with E-state index >= 15 is 0 Å². The van der Waals surface area contributed by atoms with Crippen molar-refractivity contribution in [2.75, 3.05) is 33.0 Å². The number of hydrogen-bond acceptors (Lipinski definition) is 4. The average Bonchev–Trinajstić information content (AvgIpc) is 3.21. The van der Waals surface area contributed by atoms with Crippen molar-refractivity contribution >= 4 is 41.1 Å². The number of piperazine rings is 1. The Kier molecular flexibility index (Phi) is 5.83. The maximum atomic E-state index is 13.2. The smallest absolute Gasteiger partial charge is 0.255 e. The summed E-state index contributed by atoms with van der Waals surface area (Å²) in [6, 6.07) is 7.13. The lowest BCUT2D eigenvalue weighted by atomic mass is 10.1. The van der Waals surface area contributed by atoms with Crippen LogP contribution in [0.15, 0.2) is 36.4 Å². The third-order valence-corrected chi connectivity index (χ3v) is 5.50. The highest BCUT2D eigenvalue weighted by Crippen LogP contribution is 2.40. The SMILES string of the molecule is O=C(/C=C/c1cc(Cl)c2c(c1)OCO2)N1CCN(C(=O)c2ccc(F)cc2Cl)CC1. The Morgan fingerprint density at radius 3 is 2.43 bits per heavy atom. The van der Waals surface area contributed by atoms with Crippen LogP contribution in [-0.2, 0) is 4.79 Å². The zero-order valence-electron chi connectivity index (χ0n) is 15.7. The van der Waals surface area contributed by atoms with Crippen molar-refractivity contribution in [1.29, 1.82) is 0 Å². The number of benzene rings is 2. The van der Waals surface area contributed by atoms with E-state index in [-0.39, 0.29) is 29.2 Å². The Hall–Kier alpha value is -2.77. The standard InChI is InChI=1S/C21H17Cl2FN2O4/c22-16-11-14(24)2-3-15(16)21(28)26-7-5-25(6-8-26)19(27)4-1-13-9-17(23)20-18(10-13)29-12-30-20/h1-4,9-11H,5-8,12H2/b4-1+. The van der Waals surface area contributed by atoms with Crippen LogP contribution in [0.25, 0.3) is 6.08 Å². The Labute approximate surface area is 182 Å². The Balaban J connectivity index is 1.36. The van der Waals surface area contributed by atoms with Crippen molar-refractivity contribution in [2.24, 2.45) is 0 Å². The number of halogens is 3. The first kappa shape index (κ1) is 20.5. The Morgan fingerprint density at radius 1 is 0.967 bits per heavy atom. The number of fused-ring (bicyclic) bond motifs is 1. The van der Waals surface area contributed by atoms with E-state index in [1.54, 1.807) is 28.0 Å². The largest absolute Gasteiger partial charge is 0.454 e. The molecule has 0 saturated carbocycles. The first-order valence-electron chi connectivity index (χ1n) is 9.23. The molecule has 0 radical (unpaired) electrons. The second-order valence-corrected chi connectivity index (χ2v) is 7.63. The van der Waals surface area contributed by atoms with E-state index in [1.165, 1.54) is 18.2 Å². The predicted molar refractivity (Wildman–Crippen MR) is 111 cm³/mol. The number of nitrogens with zero attached hydrogens (tertiary/aromatic N) is 2. The van der Waals surface area contributed by atoms with Gasteiger partial charge in [0.2, 0.25) is 12.7 Å². The molecule has 6 nitrogen and oxygen atoms in total. The molecule has 0 spiro atoms. The lowest BCUT2D eigenvalue weighted by molar-refractivity contribution is -0.127. The molecule has 0 atom stereocenters. The summed E-state index contributed by atoms with van der Waals surface area (Å²) in [5, 5.41) is 0.493. The molecular weight excluding hydrogens is 434 g/mol. The molecule has 2 amide bonds. The van der Waals surface area contributed by atoms with Gasteiger partial charge in [0.25, 0.3) is 5.91 Å². The highest BCUT2D eigenvalue weighted by atomic mass is 35.5. The molecule has 0 aromatic heterocycles. The van der Waals surface area contributed by atoms with Crippen LogP contribution in [0, 0.1) is 5.82 Å². The lowest BCUT2D eigenvalue weighted by Crippen LogP contribution is -2.50. The molecule has 1 saturated heterocycles. The summed E-state index contributed by atoms with van der Waals surface area (Å²) < 4.78 is 23.8. The van der Waals surface area contributed by atoms with Gasteiger partial charge in [-0.1, -0.05) is 23.2 Å². The van der Waals surface area contributed by atoms with Crippen molar-refractivity contribution < 1.29 is 23.5 Å². The quantitative estimate of drug-likeness (QED) is 0.666. The maximum Gasteiger partial charge on any atom is 0.255 e. The summed E-state index contributed by atoms with van der Waals surface area (Å²) in [4.78, 5) is 28.4. The molecule has 2 aliphatic heterocycles. The molecule has 2 aromatic rings. The third-order valence-electron chi connectivity index (χ3n) is 4.91. The highest BCUT2D eigenvalue weighted by molar-refractivity contribution is 6.33. The van der Waals surface area contributed by atoms with E-state index in [0.29, 0.717) is 42.7 Å². The number of hydrogen-bond donors (Lipinski definition) is 0. The number of amides is 2. The monoisotopic (exact) mass is 450 g/mol. The van der Waals surface area contributed by atoms with Crippen LogP contribution in [0.1, 0.15) is 15.9 Å². The molecule has 1 fully saturated rings. The minimum atomic E-state index is -0.498. The van der Waals surface area contributed by atoms with Crippen LogP contribution in [0.2, 0.25) is 10.0 Å². The van der Waals surface area contributed by atoms with E-state index in [2.05, 4.69) is 0 Å². The van der Waals surface area contributed by atoms with Gasteiger partial charge in [0.05, 0.1) is 15.6 Å². The first-order chi connectivity index (χ1) is 14.4. The lowest BCUT2D eigenvalue weighted by Gasteiger charge is -2.34. The van der Waals surface area contributed by atoms with Crippen molar-refractivity contribution in [1.82, 2.24) is 9.80 Å². The van der Waals surface area contributed by atoms with Crippen molar-refractivity contribution in [3.05, 3.63) is 63.4 Å². The van der Waals surface area contributed by atoms with E-state index in [1.807, 2.05) is 0 Å². The van der Waals surface area contributed by atoms with Gasteiger partial charge in [-0.2, -0.15) is 0 Å². The molecule has 30 heavy (non-hydrogen) atoms. The van der Waals surface area contributed by atoms with Crippen LogP contribution >= 0.6 is 23.2 Å². The van der Waals surface area contributed by atoms with Gasteiger partial charge in [-0.25, -0.2) is 4.39 Å². The van der Waals surface area contributed by atoms with E-state index < -0.39 is 5.82 Å². The van der Waals surface area contributed by atoms with Gasteiger partial charge in [0.15, 0.2) is 11.5 Å². The first-order valence-corrected chi connectivity index (χ1v) is 9.98. The fourth-order valence-electron chi connectivity index (χ4n) is 3.32. The predicted octanol–water partition coefficient (Wildman–Crippen LogP) is 3.86. The molecule has 2 aromatic carbocycles. The van der Waals surface area contributed by atoms with Gasteiger partial charge in [0, 0.05) is 32.3 Å². The Bertz CT molecular complexity index is 1040. The summed E-state index contributed by atoms with van der Waals surface area (Å²) in [6.07, 6.45) is 3.12. The molecule has 9 heteroatoms. The molecular formula is C21H17Cl2FN2O4. The van der Waals surface area contributed by atoms with Crippen LogP contribution in [0.4, 0.5) is 4.39 Å². The molecule has 0 unspecified atom stereocenters. The fourth-order valence-corrected chi connectivity index (χ4v) is 3.84. The second kappa shape index (κ2) is 8.53. The summed E-state index contributed by atoms with van der Waals surface area (Å²) in [7, 11) is 0. The number of carbonyl (C=O) groups is 2. The summed E-state index contributed by atoms with van der Waals surface area (Å²) in [5.74, 6) is 0.0965. The van der Waals surface area contributed by atoms with E-state index in [4.69, 9.17) is 32.7 Å². The number of ether oxygens (including phenoxy) is 2. The van der Waals surface area contributed by atoms with Crippen molar-refractivity contribution in [2.45, 2.75) is 0 Å². The van der Waals surface area contributed by atoms with Gasteiger partial charge in [0.1, 0.15) is 5.82 Å². The van der Waals surface area contributed by atoms with Gasteiger partial charge < -0.3 is 19.3 Å². The normalized spacial score (nSPS) is 15.7. The van der Waals surface area contributed by atoms with Crippen LogP contribution in [-0.4, -0.2) is 54.6 Å². The van der Waals surface area contributed by atoms with Crippen molar-refractivity contribution in [3.63, 3.8) is 0 Å². The van der Waals surface area contributed by atoms with Crippen LogP contribution < -0.4 is 9.47 Å². The van der Waals surface area contributed by atoms with Gasteiger partial charge >= 0.3 is 0 Å². The van der Waals surface area contributed by atoms with Gasteiger partial charge in [-0.3, -0.25) is 9.59 Å². The van der Waals surface area contributed by atoms with Gasteiger partial charge in [-0.15, -0.1) is 0 Å². The number of carbonyl (C=O) groups excluding carboxylic acids is 2. The second-order valence-electron chi connectivity index (χ2n) is 6.81. The zero-order valence-corrected chi connectivity index (χ0v) is 17.3. The van der Waals surface area contributed by atoms with E-state index in [0.717, 1.165) is 11.6 Å². The molecule has 156 valence electrons. The molecule has 0 aliphatic carbocycles. The maximum absolute atomic E-state index is 13.2. The minimum Gasteiger partial charge on any atom is -0.454 e. The summed E-state index contributed by atoms with van der Waals surface area (Å²) in [6.45, 7) is 1.61. The zero-order chi connectivity index (χ0) is 21.3. The van der Waals surface area contributed by atoms with Crippen LogP contribution in [0.3, 0.4) is 0 Å². The molecule has 0 bridgehead atoms. The van der Waals surface area contributed by atoms with E-state index in [9.17, 15) is 14.0 Å².